The number of halogens is 1. The highest BCUT2D eigenvalue weighted by molar-refractivity contribution is 7.91. The quantitative estimate of drug-likeness (QED) is 0.655. The van der Waals surface area contributed by atoms with Crippen LogP contribution in [-0.4, -0.2) is 49.9 Å². The van der Waals surface area contributed by atoms with Crippen LogP contribution in [-0.2, 0) is 22.8 Å². The van der Waals surface area contributed by atoms with Crippen LogP contribution in [0.5, 0.6) is 0 Å². The molecule has 1 aromatic rings. The summed E-state index contributed by atoms with van der Waals surface area (Å²) < 4.78 is 36.8. The Morgan fingerprint density at radius 3 is 2.88 bits per heavy atom. The normalized spacial score (nSPS) is 23.0. The van der Waals surface area contributed by atoms with Crippen molar-refractivity contribution in [3.8, 4) is 0 Å². The zero-order chi connectivity index (χ0) is 18.0. The fraction of sp³-hybridized carbons (Fsp3) is 0.611. The molecule has 25 heavy (non-hydrogen) atoms. The van der Waals surface area contributed by atoms with Gasteiger partial charge in [0, 0.05) is 25.7 Å². The minimum absolute atomic E-state index is 0.100. The van der Waals surface area contributed by atoms with Gasteiger partial charge in [0.25, 0.3) is 0 Å². The van der Waals surface area contributed by atoms with E-state index >= 15 is 0 Å². The summed E-state index contributed by atoms with van der Waals surface area (Å²) in [6.45, 7) is 6.05. The predicted molar refractivity (Wildman–Crippen MR) is 97.8 cm³/mol. The largest absolute Gasteiger partial charge is 0.354 e. The van der Waals surface area contributed by atoms with E-state index in [1.165, 1.54) is 11.6 Å². The molecule has 1 aromatic carbocycles. The van der Waals surface area contributed by atoms with Crippen molar-refractivity contribution < 1.29 is 12.8 Å². The summed E-state index contributed by atoms with van der Waals surface area (Å²) in [6, 6.07) is 5.19. The zero-order valence-electron chi connectivity index (χ0n) is 14.8. The third-order valence-electron chi connectivity index (χ3n) is 4.72. The molecule has 0 aliphatic carbocycles. The summed E-state index contributed by atoms with van der Waals surface area (Å²) in [5, 5.41) is 3.37. The highest BCUT2D eigenvalue weighted by atomic mass is 32.2. The molecule has 2 aliphatic heterocycles. The minimum Gasteiger partial charge on any atom is -0.354 e. The molecule has 1 N–H and O–H groups in total. The number of benzene rings is 1. The lowest BCUT2D eigenvalue weighted by Gasteiger charge is -2.33. The molecule has 7 heteroatoms. The van der Waals surface area contributed by atoms with E-state index in [2.05, 4.69) is 10.2 Å². The van der Waals surface area contributed by atoms with E-state index in [-0.39, 0.29) is 29.3 Å². The molecular weight excluding hydrogens is 341 g/mol. The molecule has 0 amide bonds. The van der Waals surface area contributed by atoms with Crippen LogP contribution in [0.3, 0.4) is 0 Å². The highest BCUT2D eigenvalue weighted by Gasteiger charge is 2.28. The molecule has 1 unspecified atom stereocenters. The maximum Gasteiger partial charge on any atom is 0.194 e. The Bertz CT molecular complexity index is 762. The van der Waals surface area contributed by atoms with Crippen LogP contribution in [0.15, 0.2) is 23.2 Å². The second-order valence-electron chi connectivity index (χ2n) is 7.32. The summed E-state index contributed by atoms with van der Waals surface area (Å²) in [4.78, 5) is 6.83. The topological polar surface area (TPSA) is 61.8 Å². The van der Waals surface area contributed by atoms with Gasteiger partial charge in [-0.1, -0.05) is 6.07 Å². The van der Waals surface area contributed by atoms with Crippen molar-refractivity contribution in [2.45, 2.75) is 39.3 Å². The first-order valence-electron chi connectivity index (χ1n) is 8.86. The van der Waals surface area contributed by atoms with Gasteiger partial charge in [-0.05, 0) is 55.9 Å². The van der Waals surface area contributed by atoms with Gasteiger partial charge in [0.1, 0.15) is 5.82 Å². The maximum absolute atomic E-state index is 13.5. The summed E-state index contributed by atoms with van der Waals surface area (Å²) in [7, 11) is -2.88. The number of rotatable bonds is 3. The Morgan fingerprint density at radius 2 is 2.20 bits per heavy atom. The summed E-state index contributed by atoms with van der Waals surface area (Å²) >= 11 is 0. The first kappa shape index (κ1) is 18.2. The summed E-state index contributed by atoms with van der Waals surface area (Å²) in [5.74, 6) is 1.18. The van der Waals surface area contributed by atoms with Crippen molar-refractivity contribution in [3.05, 3.63) is 35.1 Å². The predicted octanol–water partition coefficient (Wildman–Crippen LogP) is 1.97. The van der Waals surface area contributed by atoms with Crippen molar-refractivity contribution in [2.75, 3.05) is 24.6 Å². The lowest BCUT2D eigenvalue weighted by Crippen LogP contribution is -2.46. The van der Waals surface area contributed by atoms with E-state index in [1.807, 2.05) is 19.9 Å². The molecule has 2 heterocycles. The second-order valence-corrected chi connectivity index (χ2v) is 9.55. The third kappa shape index (κ3) is 4.71. The van der Waals surface area contributed by atoms with Gasteiger partial charge in [0.2, 0.25) is 0 Å². The lowest BCUT2D eigenvalue weighted by molar-refractivity contribution is 0.371. The van der Waals surface area contributed by atoms with Crippen LogP contribution in [0.2, 0.25) is 0 Å². The van der Waals surface area contributed by atoms with Crippen LogP contribution in [0.1, 0.15) is 31.4 Å². The lowest BCUT2D eigenvalue weighted by atomic mass is 10.00. The molecule has 3 rings (SSSR count). The van der Waals surface area contributed by atoms with Crippen molar-refractivity contribution in [2.24, 2.45) is 10.9 Å². The minimum atomic E-state index is -2.88. The van der Waals surface area contributed by atoms with E-state index in [1.54, 1.807) is 6.07 Å². The first-order chi connectivity index (χ1) is 11.8. The van der Waals surface area contributed by atoms with E-state index in [9.17, 15) is 12.8 Å². The number of aliphatic imine (C=N–C) groups is 1. The first-order valence-corrected chi connectivity index (χ1v) is 10.7. The Morgan fingerprint density at radius 1 is 1.40 bits per heavy atom. The average Bonchev–Trinajstić information content (AvgIpc) is 2.89. The number of hydrogen-bond donors (Lipinski definition) is 1. The average molecular weight is 367 g/mol. The van der Waals surface area contributed by atoms with Crippen LogP contribution >= 0.6 is 0 Å². The van der Waals surface area contributed by atoms with Gasteiger partial charge >= 0.3 is 0 Å². The van der Waals surface area contributed by atoms with Gasteiger partial charge < -0.3 is 10.2 Å². The number of sulfone groups is 1. The standard InChI is InChI=1S/C18H26FN3O2S/c1-13(2)21-18(20-10-14-6-8-25(23,24)12-14)22-7-5-15-3-4-17(19)9-16(15)11-22/h3-4,9,13-14H,5-8,10-12H2,1-2H3,(H,20,21). The molecule has 1 fully saturated rings. The maximum atomic E-state index is 13.5. The van der Waals surface area contributed by atoms with Gasteiger partial charge in [-0.2, -0.15) is 0 Å². The van der Waals surface area contributed by atoms with Crippen molar-refractivity contribution in [3.63, 3.8) is 0 Å². The molecule has 1 saturated heterocycles. The molecule has 1 atom stereocenters. The van der Waals surface area contributed by atoms with Crippen molar-refractivity contribution in [1.82, 2.24) is 10.2 Å². The fourth-order valence-corrected chi connectivity index (χ4v) is 5.28. The number of guanidine groups is 1. The van der Waals surface area contributed by atoms with Gasteiger partial charge in [-0.3, -0.25) is 4.99 Å². The summed E-state index contributed by atoms with van der Waals surface area (Å²) in [5.41, 5.74) is 2.18. The van der Waals surface area contributed by atoms with Crippen LogP contribution in [0, 0.1) is 11.7 Å². The number of hydrogen-bond acceptors (Lipinski definition) is 3. The molecule has 5 nitrogen and oxygen atoms in total. The summed E-state index contributed by atoms with van der Waals surface area (Å²) in [6.07, 6.45) is 1.54. The van der Waals surface area contributed by atoms with Crippen molar-refractivity contribution in [1.29, 1.82) is 0 Å². The second kappa shape index (κ2) is 7.32. The van der Waals surface area contributed by atoms with E-state index in [4.69, 9.17) is 4.99 Å². The molecular formula is C18H26FN3O2S. The Balaban J connectivity index is 1.73. The van der Waals surface area contributed by atoms with E-state index in [0.29, 0.717) is 19.5 Å². The molecule has 0 saturated carbocycles. The number of nitrogens with one attached hydrogen (secondary N) is 1. The SMILES string of the molecule is CC(C)NC(=NCC1CCS(=O)(=O)C1)N1CCc2ccc(F)cc2C1. The van der Waals surface area contributed by atoms with Gasteiger partial charge in [-0.25, -0.2) is 12.8 Å². The fourth-order valence-electron chi connectivity index (χ4n) is 3.43. The van der Waals surface area contributed by atoms with Gasteiger partial charge in [0.05, 0.1) is 11.5 Å². The van der Waals surface area contributed by atoms with Crippen LogP contribution in [0.4, 0.5) is 4.39 Å². The van der Waals surface area contributed by atoms with Crippen molar-refractivity contribution >= 4 is 15.8 Å². The van der Waals surface area contributed by atoms with Crippen LogP contribution < -0.4 is 5.32 Å². The van der Waals surface area contributed by atoms with E-state index < -0.39 is 9.84 Å². The Labute approximate surface area is 149 Å². The molecule has 0 bridgehead atoms. The molecule has 0 aromatic heterocycles. The highest BCUT2D eigenvalue weighted by Crippen LogP contribution is 2.21. The molecule has 0 spiro atoms. The number of fused-ring (bicyclic) bond motifs is 1. The monoisotopic (exact) mass is 367 g/mol. The van der Waals surface area contributed by atoms with Gasteiger partial charge in [0.15, 0.2) is 15.8 Å². The molecule has 2 aliphatic rings. The molecule has 0 radical (unpaired) electrons. The number of nitrogens with zero attached hydrogens (tertiary/aromatic N) is 2. The van der Waals surface area contributed by atoms with Gasteiger partial charge in [-0.15, -0.1) is 0 Å². The third-order valence-corrected chi connectivity index (χ3v) is 6.56. The zero-order valence-corrected chi connectivity index (χ0v) is 15.7. The smallest absolute Gasteiger partial charge is 0.194 e. The van der Waals surface area contributed by atoms with Crippen LogP contribution in [0.25, 0.3) is 0 Å². The Hall–Kier alpha value is -1.63. The van der Waals surface area contributed by atoms with E-state index in [0.717, 1.165) is 24.5 Å². The Kier molecular flexibility index (Phi) is 5.32. The molecule has 138 valence electrons.